The first-order valence-electron chi connectivity index (χ1n) is 6.62. The van der Waals surface area contributed by atoms with Crippen LogP contribution in [-0.2, 0) is 22.7 Å². The van der Waals surface area contributed by atoms with Crippen molar-refractivity contribution in [2.75, 3.05) is 20.2 Å². The predicted octanol–water partition coefficient (Wildman–Crippen LogP) is 1.99. The molecule has 1 aliphatic rings. The molecule has 4 heteroatoms. The van der Waals surface area contributed by atoms with Crippen molar-refractivity contribution in [1.82, 2.24) is 4.90 Å². The van der Waals surface area contributed by atoms with E-state index in [2.05, 4.69) is 17.0 Å². The van der Waals surface area contributed by atoms with Crippen LogP contribution in [0.15, 0.2) is 24.3 Å². The third kappa shape index (κ3) is 3.33. The monoisotopic (exact) mass is 263 g/mol. The molecule has 0 saturated carbocycles. The van der Waals surface area contributed by atoms with Gasteiger partial charge in [-0.1, -0.05) is 31.2 Å². The smallest absolute Gasteiger partial charge is 0.308 e. The molecule has 1 aromatic rings. The van der Waals surface area contributed by atoms with E-state index in [1.807, 2.05) is 19.1 Å². The molecule has 1 heterocycles. The third-order valence-corrected chi connectivity index (χ3v) is 3.82. The van der Waals surface area contributed by atoms with Gasteiger partial charge in [0.15, 0.2) is 0 Å². The van der Waals surface area contributed by atoms with Crippen molar-refractivity contribution in [3.63, 3.8) is 0 Å². The molecule has 1 fully saturated rings. The number of hydrogen-bond donors (Lipinski definition) is 1. The minimum Gasteiger partial charge on any atom is -0.481 e. The first kappa shape index (κ1) is 14.0. The van der Waals surface area contributed by atoms with Crippen molar-refractivity contribution in [2.45, 2.75) is 20.1 Å². The van der Waals surface area contributed by atoms with Gasteiger partial charge < -0.3 is 9.84 Å². The number of hydrogen-bond acceptors (Lipinski definition) is 3. The number of benzene rings is 1. The van der Waals surface area contributed by atoms with E-state index >= 15 is 0 Å². The molecule has 2 rings (SSSR count). The third-order valence-electron chi connectivity index (χ3n) is 3.82. The summed E-state index contributed by atoms with van der Waals surface area (Å²) in [6.45, 7) is 4.89. The summed E-state index contributed by atoms with van der Waals surface area (Å²) in [6.07, 6.45) is 0. The van der Waals surface area contributed by atoms with Gasteiger partial charge in [0, 0.05) is 26.7 Å². The molecular formula is C15H21NO3. The zero-order valence-corrected chi connectivity index (χ0v) is 11.5. The summed E-state index contributed by atoms with van der Waals surface area (Å²) in [5.41, 5.74) is 2.40. The van der Waals surface area contributed by atoms with Crippen molar-refractivity contribution < 1.29 is 14.6 Å². The molecule has 0 spiro atoms. The molecule has 1 aliphatic heterocycles. The minimum absolute atomic E-state index is 0.215. The number of aliphatic carboxylic acids is 1. The molecule has 104 valence electrons. The van der Waals surface area contributed by atoms with E-state index in [4.69, 9.17) is 9.84 Å². The van der Waals surface area contributed by atoms with Crippen LogP contribution in [0, 0.1) is 11.8 Å². The molecule has 4 nitrogen and oxygen atoms in total. The second-order valence-electron chi connectivity index (χ2n) is 5.32. The number of ether oxygens (including phenoxy) is 1. The quantitative estimate of drug-likeness (QED) is 0.882. The van der Waals surface area contributed by atoms with E-state index in [-0.39, 0.29) is 11.8 Å². The first-order valence-corrected chi connectivity index (χ1v) is 6.62. The zero-order valence-electron chi connectivity index (χ0n) is 11.5. The summed E-state index contributed by atoms with van der Waals surface area (Å²) in [7, 11) is 1.69. The van der Waals surface area contributed by atoms with Gasteiger partial charge in [-0.05, 0) is 17.0 Å². The Balaban J connectivity index is 2.04. The van der Waals surface area contributed by atoms with Crippen molar-refractivity contribution >= 4 is 5.97 Å². The highest BCUT2D eigenvalue weighted by atomic mass is 16.5. The number of carboxylic acid groups (broad SMARTS) is 1. The second-order valence-corrected chi connectivity index (χ2v) is 5.32. The van der Waals surface area contributed by atoms with Gasteiger partial charge in [-0.2, -0.15) is 0 Å². The summed E-state index contributed by atoms with van der Waals surface area (Å²) in [4.78, 5) is 13.4. The molecule has 0 bridgehead atoms. The molecule has 1 saturated heterocycles. The van der Waals surface area contributed by atoms with Crippen LogP contribution in [0.5, 0.6) is 0 Å². The molecule has 0 unspecified atom stereocenters. The standard InChI is InChI=1S/C15H21NO3/c1-11-7-16(9-14(11)15(17)18)8-12-5-3-4-6-13(12)10-19-2/h3-6,11,14H,7-10H2,1-2H3,(H,17,18)/t11-,14-/m1/s1. The van der Waals surface area contributed by atoms with E-state index < -0.39 is 5.97 Å². The summed E-state index contributed by atoms with van der Waals surface area (Å²) < 4.78 is 5.20. The lowest BCUT2D eigenvalue weighted by Gasteiger charge is -2.17. The molecule has 0 aliphatic carbocycles. The first-order chi connectivity index (χ1) is 9.11. The van der Waals surface area contributed by atoms with Crippen LogP contribution < -0.4 is 0 Å². The maximum absolute atomic E-state index is 11.1. The number of likely N-dealkylation sites (tertiary alicyclic amines) is 1. The Bertz CT molecular complexity index is 447. The second kappa shape index (κ2) is 6.17. The van der Waals surface area contributed by atoms with Crippen LogP contribution in [0.4, 0.5) is 0 Å². The van der Waals surface area contributed by atoms with E-state index in [0.717, 1.165) is 13.1 Å². The lowest BCUT2D eigenvalue weighted by Crippen LogP contribution is -2.23. The van der Waals surface area contributed by atoms with E-state index in [9.17, 15) is 4.79 Å². The Hall–Kier alpha value is -1.39. The lowest BCUT2D eigenvalue weighted by atomic mass is 9.99. The van der Waals surface area contributed by atoms with Crippen molar-refractivity contribution in [3.05, 3.63) is 35.4 Å². The Morgan fingerprint density at radius 3 is 2.63 bits per heavy atom. The van der Waals surface area contributed by atoms with Crippen molar-refractivity contribution in [1.29, 1.82) is 0 Å². The van der Waals surface area contributed by atoms with Gasteiger partial charge in [-0.15, -0.1) is 0 Å². The Morgan fingerprint density at radius 2 is 2.05 bits per heavy atom. The molecule has 1 aromatic carbocycles. The molecular weight excluding hydrogens is 242 g/mol. The highest BCUT2D eigenvalue weighted by molar-refractivity contribution is 5.71. The predicted molar refractivity (Wildman–Crippen MR) is 72.7 cm³/mol. The summed E-state index contributed by atoms with van der Waals surface area (Å²) in [6, 6.07) is 8.17. The van der Waals surface area contributed by atoms with Crippen LogP contribution in [0.25, 0.3) is 0 Å². The lowest BCUT2D eigenvalue weighted by molar-refractivity contribution is -0.142. The van der Waals surface area contributed by atoms with Gasteiger partial charge in [0.05, 0.1) is 12.5 Å². The maximum atomic E-state index is 11.1. The highest BCUT2D eigenvalue weighted by Crippen LogP contribution is 2.25. The fourth-order valence-corrected chi connectivity index (χ4v) is 2.77. The molecule has 1 N–H and O–H groups in total. The fraction of sp³-hybridized carbons (Fsp3) is 0.533. The number of carbonyl (C=O) groups is 1. The normalized spacial score (nSPS) is 23.7. The Morgan fingerprint density at radius 1 is 1.37 bits per heavy atom. The van der Waals surface area contributed by atoms with Gasteiger partial charge in [0.2, 0.25) is 0 Å². The Labute approximate surface area is 114 Å². The topological polar surface area (TPSA) is 49.8 Å². The summed E-state index contributed by atoms with van der Waals surface area (Å²) >= 11 is 0. The number of rotatable bonds is 5. The fourth-order valence-electron chi connectivity index (χ4n) is 2.77. The Kier molecular flexibility index (Phi) is 4.56. The van der Waals surface area contributed by atoms with Gasteiger partial charge in [0.25, 0.3) is 0 Å². The minimum atomic E-state index is -0.680. The molecule has 0 amide bonds. The molecule has 19 heavy (non-hydrogen) atoms. The van der Waals surface area contributed by atoms with E-state index in [1.54, 1.807) is 7.11 Å². The van der Waals surface area contributed by atoms with Crippen LogP contribution >= 0.6 is 0 Å². The van der Waals surface area contributed by atoms with Crippen molar-refractivity contribution in [2.24, 2.45) is 11.8 Å². The molecule has 2 atom stereocenters. The number of methoxy groups -OCH3 is 1. The van der Waals surface area contributed by atoms with E-state index in [1.165, 1.54) is 11.1 Å². The van der Waals surface area contributed by atoms with Gasteiger partial charge in [0.1, 0.15) is 0 Å². The molecule has 0 aromatic heterocycles. The average Bonchev–Trinajstić information content (AvgIpc) is 2.73. The average molecular weight is 263 g/mol. The van der Waals surface area contributed by atoms with Gasteiger partial charge in [-0.3, -0.25) is 9.69 Å². The van der Waals surface area contributed by atoms with Crippen LogP contribution in [0.2, 0.25) is 0 Å². The van der Waals surface area contributed by atoms with Crippen LogP contribution in [0.1, 0.15) is 18.1 Å². The number of carboxylic acids is 1. The maximum Gasteiger partial charge on any atom is 0.308 e. The largest absolute Gasteiger partial charge is 0.481 e. The van der Waals surface area contributed by atoms with Crippen LogP contribution in [-0.4, -0.2) is 36.2 Å². The van der Waals surface area contributed by atoms with E-state index in [0.29, 0.717) is 13.2 Å². The van der Waals surface area contributed by atoms with Gasteiger partial charge in [-0.25, -0.2) is 0 Å². The number of nitrogens with zero attached hydrogens (tertiary/aromatic N) is 1. The zero-order chi connectivity index (χ0) is 13.8. The summed E-state index contributed by atoms with van der Waals surface area (Å²) in [5.74, 6) is -0.707. The molecule has 0 radical (unpaired) electrons. The van der Waals surface area contributed by atoms with Crippen molar-refractivity contribution in [3.8, 4) is 0 Å². The van der Waals surface area contributed by atoms with Crippen LogP contribution in [0.3, 0.4) is 0 Å². The SMILES string of the molecule is COCc1ccccc1CN1C[C@@H](C)[C@H](C(=O)O)C1. The highest BCUT2D eigenvalue weighted by Gasteiger charge is 2.34. The summed E-state index contributed by atoms with van der Waals surface area (Å²) in [5, 5.41) is 9.16. The van der Waals surface area contributed by atoms with Gasteiger partial charge >= 0.3 is 5.97 Å².